The van der Waals surface area contributed by atoms with Crippen molar-refractivity contribution in [1.29, 1.82) is 0 Å². The van der Waals surface area contributed by atoms with Gasteiger partial charge in [-0.3, -0.25) is 4.79 Å². The Morgan fingerprint density at radius 3 is 2.58 bits per heavy atom. The highest BCUT2D eigenvalue weighted by Gasteiger charge is 2.58. The van der Waals surface area contributed by atoms with Gasteiger partial charge in [-0.25, -0.2) is 0 Å². The molecule has 0 spiro atoms. The van der Waals surface area contributed by atoms with Crippen LogP contribution < -0.4 is 5.32 Å². The molecule has 1 amide bonds. The Labute approximate surface area is 159 Å². The van der Waals surface area contributed by atoms with Crippen molar-refractivity contribution in [3.8, 4) is 0 Å². The van der Waals surface area contributed by atoms with Crippen LogP contribution >= 0.6 is 0 Å². The fourth-order valence-electron chi connectivity index (χ4n) is 8.35. The van der Waals surface area contributed by atoms with E-state index in [0.717, 1.165) is 42.6 Å². The topological polar surface area (TPSA) is 32.3 Å². The molecule has 3 heteroatoms. The van der Waals surface area contributed by atoms with Crippen LogP contribution in [0.4, 0.5) is 0 Å². The highest BCUT2D eigenvalue weighted by molar-refractivity contribution is 5.77. The molecule has 2 heterocycles. The maximum absolute atomic E-state index is 12.0. The first-order chi connectivity index (χ1) is 12.5. The summed E-state index contributed by atoms with van der Waals surface area (Å²) in [6.45, 7) is 7.74. The summed E-state index contributed by atoms with van der Waals surface area (Å²) in [4.78, 5) is 14.8. The van der Waals surface area contributed by atoms with Crippen LogP contribution in [0.1, 0.15) is 84.5 Å². The van der Waals surface area contributed by atoms with E-state index in [9.17, 15) is 4.79 Å². The number of hydrogen-bond donors (Lipinski definition) is 1. The molecule has 0 aromatic rings. The predicted octanol–water partition coefficient (Wildman–Crippen LogP) is 4.36. The number of fused-ring (bicyclic) bond motifs is 5. The van der Waals surface area contributed by atoms with Gasteiger partial charge in [0.2, 0.25) is 5.91 Å². The first kappa shape index (κ1) is 17.5. The average molecular weight is 359 g/mol. The summed E-state index contributed by atoms with van der Waals surface area (Å²) in [6, 6.07) is 0.884. The van der Waals surface area contributed by atoms with Gasteiger partial charge in [0.15, 0.2) is 0 Å². The molecule has 3 aliphatic carbocycles. The molecule has 5 fully saturated rings. The molecule has 5 rings (SSSR count). The highest BCUT2D eigenvalue weighted by atomic mass is 16.1. The number of carbonyl (C=O) groups is 1. The zero-order chi connectivity index (χ0) is 17.9. The first-order valence-corrected chi connectivity index (χ1v) is 11.5. The molecular weight excluding hydrogens is 320 g/mol. The second kappa shape index (κ2) is 6.22. The van der Waals surface area contributed by atoms with Crippen molar-refractivity contribution >= 4 is 5.91 Å². The average Bonchev–Trinajstić information content (AvgIpc) is 3.14. The van der Waals surface area contributed by atoms with E-state index in [1.54, 1.807) is 0 Å². The van der Waals surface area contributed by atoms with Crippen molar-refractivity contribution in [1.82, 2.24) is 10.2 Å². The largest absolute Gasteiger partial charge is 0.351 e. The molecular formula is C23H38N2O. The molecule has 7 atom stereocenters. The summed E-state index contributed by atoms with van der Waals surface area (Å²) in [7, 11) is 0. The number of likely N-dealkylation sites (tertiary alicyclic amines) is 1. The lowest BCUT2D eigenvalue weighted by Gasteiger charge is -2.62. The van der Waals surface area contributed by atoms with E-state index in [2.05, 4.69) is 24.1 Å². The number of amides is 1. The molecule has 0 aromatic heterocycles. The molecule has 26 heavy (non-hydrogen) atoms. The summed E-state index contributed by atoms with van der Waals surface area (Å²) >= 11 is 0. The summed E-state index contributed by atoms with van der Waals surface area (Å²) in [5.41, 5.74) is 0.661. The van der Waals surface area contributed by atoms with E-state index in [1.165, 1.54) is 70.9 Å². The lowest BCUT2D eigenvalue weighted by molar-refractivity contribution is -0.140. The molecule has 0 aromatic carbocycles. The number of piperidine rings is 1. The molecule has 3 saturated carbocycles. The van der Waals surface area contributed by atoms with E-state index in [-0.39, 0.29) is 5.54 Å². The van der Waals surface area contributed by atoms with Crippen LogP contribution in [0.25, 0.3) is 0 Å². The second-order valence-electron chi connectivity index (χ2n) is 10.9. The molecule has 0 bridgehead atoms. The Hall–Kier alpha value is -0.570. The maximum Gasteiger partial charge on any atom is 0.220 e. The Bertz CT molecular complexity index is 571. The third-order valence-electron chi connectivity index (χ3n) is 9.79. The number of rotatable bonds is 1. The minimum Gasteiger partial charge on any atom is -0.351 e. The minimum atomic E-state index is 0.0897. The standard InChI is InChI=1S/C23H38N2O/c1-22-11-9-17(25-13-3-4-14-25)15-16(22)5-6-18-19(22)10-12-23(2)20(18)7-8-21(26)24-23/h16-20H,3-15H2,1-2H3,(H,24,26)/t16-,17+,18+,19-,20-,22+,23-/m0/s1. The van der Waals surface area contributed by atoms with Crippen LogP contribution in [-0.4, -0.2) is 35.5 Å². The molecule has 2 saturated heterocycles. The van der Waals surface area contributed by atoms with Crippen molar-refractivity contribution in [2.75, 3.05) is 13.1 Å². The molecule has 5 aliphatic rings. The zero-order valence-corrected chi connectivity index (χ0v) is 16.9. The molecule has 146 valence electrons. The van der Waals surface area contributed by atoms with Gasteiger partial charge >= 0.3 is 0 Å². The Balaban J connectivity index is 1.34. The normalized spacial score (nSPS) is 51.9. The van der Waals surface area contributed by atoms with Crippen LogP contribution in [-0.2, 0) is 4.79 Å². The zero-order valence-electron chi connectivity index (χ0n) is 16.9. The van der Waals surface area contributed by atoms with Crippen molar-refractivity contribution in [2.45, 2.75) is 96.1 Å². The fourth-order valence-corrected chi connectivity index (χ4v) is 8.35. The van der Waals surface area contributed by atoms with Gasteiger partial charge in [-0.2, -0.15) is 0 Å². The lowest BCUT2D eigenvalue weighted by atomic mass is 9.45. The smallest absolute Gasteiger partial charge is 0.220 e. The van der Waals surface area contributed by atoms with Gasteiger partial charge in [0.1, 0.15) is 0 Å². The van der Waals surface area contributed by atoms with Crippen molar-refractivity contribution < 1.29 is 4.79 Å². The molecule has 0 radical (unpaired) electrons. The van der Waals surface area contributed by atoms with Crippen LogP contribution in [0.5, 0.6) is 0 Å². The third-order valence-corrected chi connectivity index (χ3v) is 9.79. The quantitative estimate of drug-likeness (QED) is 0.755. The third kappa shape index (κ3) is 2.59. The highest BCUT2D eigenvalue weighted by Crippen LogP contribution is 2.62. The van der Waals surface area contributed by atoms with E-state index < -0.39 is 0 Å². The number of nitrogens with one attached hydrogen (secondary N) is 1. The predicted molar refractivity (Wildman–Crippen MR) is 105 cm³/mol. The van der Waals surface area contributed by atoms with Crippen LogP contribution in [0.2, 0.25) is 0 Å². The first-order valence-electron chi connectivity index (χ1n) is 11.5. The molecule has 2 aliphatic heterocycles. The number of nitrogens with zero attached hydrogens (tertiary/aromatic N) is 1. The lowest BCUT2D eigenvalue weighted by Crippen LogP contribution is -2.63. The van der Waals surface area contributed by atoms with Gasteiger partial charge in [0, 0.05) is 18.0 Å². The second-order valence-corrected chi connectivity index (χ2v) is 10.9. The van der Waals surface area contributed by atoms with Gasteiger partial charge < -0.3 is 10.2 Å². The van der Waals surface area contributed by atoms with E-state index in [1.807, 2.05) is 0 Å². The molecule has 1 N–H and O–H groups in total. The Morgan fingerprint density at radius 1 is 0.962 bits per heavy atom. The van der Waals surface area contributed by atoms with Crippen molar-refractivity contribution in [2.24, 2.45) is 29.1 Å². The summed E-state index contributed by atoms with van der Waals surface area (Å²) in [6.07, 6.45) is 14.5. The number of carbonyl (C=O) groups excluding carboxylic acids is 1. The molecule has 0 unspecified atom stereocenters. The van der Waals surface area contributed by atoms with Gasteiger partial charge in [-0.15, -0.1) is 0 Å². The van der Waals surface area contributed by atoms with Gasteiger partial charge in [-0.1, -0.05) is 6.92 Å². The van der Waals surface area contributed by atoms with E-state index in [0.29, 0.717) is 11.3 Å². The van der Waals surface area contributed by atoms with Crippen LogP contribution in [0.3, 0.4) is 0 Å². The monoisotopic (exact) mass is 358 g/mol. The Kier molecular flexibility index (Phi) is 4.19. The summed E-state index contributed by atoms with van der Waals surface area (Å²) < 4.78 is 0. The SMILES string of the molecule is C[C@@]12CC[C@@H](N3CCCC3)C[C@@H]1CC[C@@H]1[C@@H]2CC[C@]2(C)NC(=O)CC[C@@H]12. The van der Waals surface area contributed by atoms with Gasteiger partial charge in [0.25, 0.3) is 0 Å². The maximum atomic E-state index is 12.0. The minimum absolute atomic E-state index is 0.0897. The fraction of sp³-hybridized carbons (Fsp3) is 0.957. The molecule has 3 nitrogen and oxygen atoms in total. The van der Waals surface area contributed by atoms with Crippen molar-refractivity contribution in [3.63, 3.8) is 0 Å². The summed E-state index contributed by atoms with van der Waals surface area (Å²) in [5, 5.41) is 3.41. The van der Waals surface area contributed by atoms with E-state index >= 15 is 0 Å². The van der Waals surface area contributed by atoms with Crippen LogP contribution in [0, 0.1) is 29.1 Å². The van der Waals surface area contributed by atoms with Crippen molar-refractivity contribution in [3.05, 3.63) is 0 Å². The van der Waals surface area contributed by atoms with Gasteiger partial charge in [0.05, 0.1) is 0 Å². The van der Waals surface area contributed by atoms with E-state index in [4.69, 9.17) is 0 Å². The summed E-state index contributed by atoms with van der Waals surface area (Å²) in [5.74, 6) is 3.75. The van der Waals surface area contributed by atoms with Crippen LogP contribution in [0.15, 0.2) is 0 Å². The Morgan fingerprint density at radius 2 is 1.77 bits per heavy atom. The number of hydrogen-bond acceptors (Lipinski definition) is 2. The van der Waals surface area contributed by atoms with Gasteiger partial charge in [-0.05, 0) is 113 Å².